The molecule has 27 heavy (non-hydrogen) atoms. The molecule has 0 saturated carbocycles. The second kappa shape index (κ2) is 7.66. The van der Waals surface area contributed by atoms with E-state index in [2.05, 4.69) is 5.43 Å². The van der Waals surface area contributed by atoms with Gasteiger partial charge in [0, 0.05) is 6.08 Å². The third-order valence-electron chi connectivity index (χ3n) is 4.07. The number of nitrogens with zero attached hydrogens (tertiary/aromatic N) is 1. The molecule has 0 saturated heterocycles. The first-order valence-corrected chi connectivity index (χ1v) is 8.58. The Balaban J connectivity index is 1.52. The number of fused-ring (bicyclic) bond motifs is 1. The van der Waals surface area contributed by atoms with Crippen molar-refractivity contribution in [2.75, 3.05) is 11.8 Å². The SMILES string of the molecule is O=C(C=Cc1ccc2c(c1)OCO2)NN(c1ccccc1)c1ccccc1. The Morgan fingerprint density at radius 2 is 1.48 bits per heavy atom. The molecular weight excluding hydrogens is 340 g/mol. The highest BCUT2D eigenvalue weighted by molar-refractivity contribution is 5.93. The lowest BCUT2D eigenvalue weighted by Gasteiger charge is -2.24. The molecule has 1 amide bonds. The molecule has 0 fully saturated rings. The summed E-state index contributed by atoms with van der Waals surface area (Å²) in [7, 11) is 0. The molecule has 5 nitrogen and oxygen atoms in total. The van der Waals surface area contributed by atoms with Crippen LogP contribution in [0, 0.1) is 0 Å². The van der Waals surface area contributed by atoms with E-state index < -0.39 is 0 Å². The average molecular weight is 358 g/mol. The van der Waals surface area contributed by atoms with Crippen LogP contribution in [0.4, 0.5) is 11.4 Å². The predicted octanol–water partition coefficient (Wildman–Crippen LogP) is 4.30. The molecule has 1 aliphatic rings. The van der Waals surface area contributed by atoms with Gasteiger partial charge in [0.1, 0.15) is 0 Å². The summed E-state index contributed by atoms with van der Waals surface area (Å²) in [5.74, 6) is 1.17. The molecule has 3 aromatic carbocycles. The molecular formula is C22H18N2O3. The monoisotopic (exact) mass is 358 g/mol. The number of hydrogen-bond acceptors (Lipinski definition) is 4. The van der Waals surface area contributed by atoms with Crippen molar-refractivity contribution in [2.24, 2.45) is 0 Å². The molecule has 0 radical (unpaired) electrons. The number of amides is 1. The number of hydrazine groups is 1. The van der Waals surface area contributed by atoms with Crippen LogP contribution in [-0.2, 0) is 4.79 Å². The first-order chi connectivity index (χ1) is 13.3. The summed E-state index contributed by atoms with van der Waals surface area (Å²) in [6, 6.07) is 24.9. The van der Waals surface area contributed by atoms with Gasteiger partial charge in [0.15, 0.2) is 11.5 Å². The van der Waals surface area contributed by atoms with Crippen LogP contribution in [0.15, 0.2) is 84.9 Å². The maximum atomic E-state index is 12.5. The van der Waals surface area contributed by atoms with Gasteiger partial charge in [-0.15, -0.1) is 0 Å². The van der Waals surface area contributed by atoms with Crippen molar-refractivity contribution < 1.29 is 14.3 Å². The summed E-state index contributed by atoms with van der Waals surface area (Å²) in [5.41, 5.74) is 5.52. The Bertz CT molecular complexity index is 916. The number of carbonyl (C=O) groups excluding carboxylic acids is 1. The third kappa shape index (κ3) is 3.93. The van der Waals surface area contributed by atoms with Crippen molar-refractivity contribution >= 4 is 23.4 Å². The highest BCUT2D eigenvalue weighted by atomic mass is 16.7. The van der Waals surface area contributed by atoms with E-state index >= 15 is 0 Å². The predicted molar refractivity (Wildman–Crippen MR) is 105 cm³/mol. The van der Waals surface area contributed by atoms with Crippen LogP contribution < -0.4 is 19.9 Å². The van der Waals surface area contributed by atoms with Crippen LogP contribution in [-0.4, -0.2) is 12.7 Å². The number of ether oxygens (including phenoxy) is 2. The number of hydrogen-bond donors (Lipinski definition) is 1. The Hall–Kier alpha value is -3.73. The maximum absolute atomic E-state index is 12.5. The highest BCUT2D eigenvalue weighted by Gasteiger charge is 2.13. The van der Waals surface area contributed by atoms with Crippen LogP contribution in [0.1, 0.15) is 5.56 Å². The van der Waals surface area contributed by atoms with Crippen molar-refractivity contribution in [1.82, 2.24) is 5.43 Å². The molecule has 1 heterocycles. The molecule has 0 unspecified atom stereocenters. The van der Waals surface area contributed by atoms with E-state index in [1.165, 1.54) is 6.08 Å². The quantitative estimate of drug-likeness (QED) is 0.546. The molecule has 0 aliphatic carbocycles. The van der Waals surface area contributed by atoms with Gasteiger partial charge in [-0.2, -0.15) is 0 Å². The fourth-order valence-electron chi connectivity index (χ4n) is 2.77. The fourth-order valence-corrected chi connectivity index (χ4v) is 2.77. The summed E-state index contributed by atoms with van der Waals surface area (Å²) >= 11 is 0. The molecule has 0 bridgehead atoms. The normalized spacial score (nSPS) is 12.1. The first-order valence-electron chi connectivity index (χ1n) is 8.58. The summed E-state index contributed by atoms with van der Waals surface area (Å²) in [5, 5.41) is 1.76. The fraction of sp³-hybridized carbons (Fsp3) is 0.0455. The van der Waals surface area contributed by atoms with Gasteiger partial charge in [0.05, 0.1) is 11.4 Å². The van der Waals surface area contributed by atoms with Crippen molar-refractivity contribution in [1.29, 1.82) is 0 Å². The van der Waals surface area contributed by atoms with Crippen LogP contribution >= 0.6 is 0 Å². The van der Waals surface area contributed by atoms with E-state index in [4.69, 9.17) is 9.47 Å². The van der Waals surface area contributed by atoms with E-state index in [1.54, 1.807) is 11.1 Å². The average Bonchev–Trinajstić information content (AvgIpc) is 3.20. The number of para-hydroxylation sites is 2. The van der Waals surface area contributed by atoms with Gasteiger partial charge in [0.2, 0.25) is 6.79 Å². The zero-order chi connectivity index (χ0) is 18.5. The molecule has 1 aliphatic heterocycles. The van der Waals surface area contributed by atoms with E-state index in [9.17, 15) is 4.79 Å². The highest BCUT2D eigenvalue weighted by Crippen LogP contribution is 2.32. The summed E-state index contributed by atoms with van der Waals surface area (Å²) in [6.45, 7) is 0.228. The van der Waals surface area contributed by atoms with Gasteiger partial charge in [-0.25, -0.2) is 0 Å². The zero-order valence-electron chi connectivity index (χ0n) is 14.5. The Morgan fingerprint density at radius 3 is 2.15 bits per heavy atom. The second-order valence-corrected chi connectivity index (χ2v) is 5.93. The van der Waals surface area contributed by atoms with Crippen LogP contribution in [0.3, 0.4) is 0 Å². The lowest BCUT2D eigenvalue weighted by atomic mass is 10.2. The maximum Gasteiger partial charge on any atom is 0.262 e. The van der Waals surface area contributed by atoms with E-state index in [0.29, 0.717) is 5.75 Å². The number of carbonyl (C=O) groups is 1. The first kappa shape index (κ1) is 16.7. The second-order valence-electron chi connectivity index (χ2n) is 5.93. The summed E-state index contributed by atoms with van der Waals surface area (Å²) < 4.78 is 10.7. The van der Waals surface area contributed by atoms with Crippen molar-refractivity contribution in [3.05, 3.63) is 90.5 Å². The van der Waals surface area contributed by atoms with E-state index in [-0.39, 0.29) is 12.7 Å². The standard InChI is InChI=1S/C22H18N2O3/c25-22(14-12-17-11-13-20-21(15-17)27-16-26-20)23-24(18-7-3-1-4-8-18)19-9-5-2-6-10-19/h1-15H,16H2,(H,23,25). The van der Waals surface area contributed by atoms with Gasteiger partial charge in [-0.3, -0.25) is 15.2 Å². The number of nitrogens with one attached hydrogen (secondary N) is 1. The molecule has 0 spiro atoms. The Labute approximate surface area is 157 Å². The van der Waals surface area contributed by atoms with E-state index in [1.807, 2.05) is 78.9 Å². The minimum atomic E-state index is -0.236. The Kier molecular flexibility index (Phi) is 4.74. The van der Waals surface area contributed by atoms with Gasteiger partial charge in [-0.05, 0) is 48.0 Å². The molecule has 1 N–H and O–H groups in total. The van der Waals surface area contributed by atoms with Gasteiger partial charge < -0.3 is 9.47 Å². The Morgan fingerprint density at radius 1 is 0.852 bits per heavy atom. The van der Waals surface area contributed by atoms with Crippen LogP contribution in [0.5, 0.6) is 11.5 Å². The van der Waals surface area contributed by atoms with Crippen molar-refractivity contribution in [2.45, 2.75) is 0 Å². The van der Waals surface area contributed by atoms with Crippen molar-refractivity contribution in [3.8, 4) is 11.5 Å². The molecule has 5 heteroatoms. The minimum absolute atomic E-state index is 0.228. The number of rotatable bonds is 5. The lowest BCUT2D eigenvalue weighted by Crippen LogP contribution is -2.37. The summed E-state index contributed by atoms with van der Waals surface area (Å²) in [6.07, 6.45) is 3.24. The summed E-state index contributed by atoms with van der Waals surface area (Å²) in [4.78, 5) is 12.5. The smallest absolute Gasteiger partial charge is 0.262 e. The minimum Gasteiger partial charge on any atom is -0.454 e. The van der Waals surface area contributed by atoms with E-state index in [0.717, 1.165) is 22.7 Å². The third-order valence-corrected chi connectivity index (χ3v) is 4.07. The lowest BCUT2D eigenvalue weighted by molar-refractivity contribution is -0.116. The largest absolute Gasteiger partial charge is 0.454 e. The molecule has 0 atom stereocenters. The zero-order valence-corrected chi connectivity index (χ0v) is 14.5. The molecule has 134 valence electrons. The van der Waals surface area contributed by atoms with Crippen molar-refractivity contribution in [3.63, 3.8) is 0 Å². The molecule has 4 rings (SSSR count). The van der Waals surface area contributed by atoms with Gasteiger partial charge >= 0.3 is 0 Å². The van der Waals surface area contributed by atoms with Crippen LogP contribution in [0.25, 0.3) is 6.08 Å². The van der Waals surface area contributed by atoms with Gasteiger partial charge in [-0.1, -0.05) is 42.5 Å². The van der Waals surface area contributed by atoms with Gasteiger partial charge in [0.25, 0.3) is 5.91 Å². The topological polar surface area (TPSA) is 50.8 Å². The van der Waals surface area contributed by atoms with Crippen LogP contribution in [0.2, 0.25) is 0 Å². The molecule has 0 aromatic heterocycles. The number of anilines is 2. The number of benzene rings is 3. The molecule has 3 aromatic rings.